The molecule has 0 aliphatic carbocycles. The van der Waals surface area contributed by atoms with E-state index in [0.717, 1.165) is 0 Å². The summed E-state index contributed by atoms with van der Waals surface area (Å²) in [5, 5.41) is 20.8. The van der Waals surface area contributed by atoms with Gasteiger partial charge in [0.15, 0.2) is 0 Å². The molecule has 1 aromatic rings. The molecule has 8 heteroatoms. The van der Waals surface area contributed by atoms with Crippen LogP contribution in [0.5, 0.6) is 0 Å². The Balaban J connectivity index is 2.73. The SMILES string of the molecule is CC(C)(C)OC(=O)C1=c2ccccc2=NC1(B(O)O)C(=O)OC(C)(C)C. The number of nitrogens with zero attached hydrogens (tertiary/aromatic N) is 1. The summed E-state index contributed by atoms with van der Waals surface area (Å²) in [6.45, 7) is 9.93. The molecule has 0 amide bonds. The molecule has 0 aromatic heterocycles. The number of benzene rings is 1. The van der Waals surface area contributed by atoms with Crippen LogP contribution < -0.4 is 10.6 Å². The number of rotatable bonds is 3. The summed E-state index contributed by atoms with van der Waals surface area (Å²) in [4.78, 5) is 30.0. The molecule has 0 fully saturated rings. The monoisotopic (exact) mass is 361 g/mol. The second-order valence-corrected chi connectivity index (χ2v) is 8.15. The van der Waals surface area contributed by atoms with Gasteiger partial charge in [-0.2, -0.15) is 0 Å². The fraction of sp³-hybridized carbons (Fsp3) is 0.500. The number of esters is 2. The van der Waals surface area contributed by atoms with Crippen LogP contribution in [-0.4, -0.2) is 45.7 Å². The summed E-state index contributed by atoms with van der Waals surface area (Å²) in [5.41, 5.74) is -4.31. The van der Waals surface area contributed by atoms with Gasteiger partial charge in [0, 0.05) is 5.22 Å². The van der Waals surface area contributed by atoms with E-state index < -0.39 is 35.7 Å². The van der Waals surface area contributed by atoms with Crippen molar-refractivity contribution in [3.05, 3.63) is 34.8 Å². The Labute approximate surface area is 152 Å². The Morgan fingerprint density at radius 1 is 1.00 bits per heavy atom. The van der Waals surface area contributed by atoms with Gasteiger partial charge in [0.05, 0.1) is 10.9 Å². The topological polar surface area (TPSA) is 105 Å². The Morgan fingerprint density at radius 3 is 2.04 bits per heavy atom. The van der Waals surface area contributed by atoms with Crippen LogP contribution in [0.3, 0.4) is 0 Å². The molecule has 1 unspecified atom stereocenters. The maximum absolute atomic E-state index is 12.9. The molecule has 0 radical (unpaired) electrons. The van der Waals surface area contributed by atoms with Crippen molar-refractivity contribution in [2.24, 2.45) is 4.99 Å². The molecule has 2 rings (SSSR count). The van der Waals surface area contributed by atoms with Crippen LogP contribution in [0.2, 0.25) is 0 Å². The second kappa shape index (κ2) is 6.52. The number of carbonyl (C=O) groups excluding carboxylic acids is 2. The third-order valence-electron chi connectivity index (χ3n) is 3.54. The fourth-order valence-corrected chi connectivity index (χ4v) is 2.62. The predicted octanol–water partition coefficient (Wildman–Crippen LogP) is -0.0953. The van der Waals surface area contributed by atoms with E-state index in [1.54, 1.807) is 65.8 Å². The molecule has 0 spiro atoms. The van der Waals surface area contributed by atoms with Crippen LogP contribution in [0, 0.1) is 0 Å². The summed E-state index contributed by atoms with van der Waals surface area (Å²) in [5.74, 6) is -1.89. The minimum Gasteiger partial charge on any atom is -0.458 e. The first-order chi connectivity index (χ1) is 11.8. The van der Waals surface area contributed by atoms with Crippen molar-refractivity contribution in [2.75, 3.05) is 0 Å². The van der Waals surface area contributed by atoms with Crippen LogP contribution in [0.25, 0.3) is 5.57 Å². The largest absolute Gasteiger partial charge is 0.498 e. The molecule has 1 heterocycles. The Bertz CT molecular complexity index is 850. The van der Waals surface area contributed by atoms with Crippen molar-refractivity contribution in [3.8, 4) is 0 Å². The van der Waals surface area contributed by atoms with Gasteiger partial charge in [-0.05, 0) is 47.6 Å². The van der Waals surface area contributed by atoms with Gasteiger partial charge < -0.3 is 19.5 Å². The van der Waals surface area contributed by atoms with E-state index >= 15 is 0 Å². The van der Waals surface area contributed by atoms with E-state index in [9.17, 15) is 19.6 Å². The van der Waals surface area contributed by atoms with Gasteiger partial charge in [0.2, 0.25) is 5.44 Å². The molecule has 7 nitrogen and oxygen atoms in total. The second-order valence-electron chi connectivity index (χ2n) is 8.15. The Hall–Kier alpha value is -2.19. The van der Waals surface area contributed by atoms with Crippen molar-refractivity contribution >= 4 is 24.6 Å². The molecule has 1 aromatic carbocycles. The highest BCUT2D eigenvalue weighted by molar-refractivity contribution is 6.59. The number of ether oxygens (including phenoxy) is 2. The van der Waals surface area contributed by atoms with E-state index in [2.05, 4.69) is 4.99 Å². The third kappa shape index (κ3) is 3.81. The summed E-state index contributed by atoms with van der Waals surface area (Å²) >= 11 is 0. The molecular weight excluding hydrogens is 337 g/mol. The highest BCUT2D eigenvalue weighted by Crippen LogP contribution is 2.31. The standard InChI is InChI=1S/C18H24BNO6/c1-16(2,3)25-14(21)13-11-9-7-8-10-12(11)20-18(13,19(23)24)15(22)26-17(4,5)6/h7-10,23-24H,1-6H3. The molecule has 26 heavy (non-hydrogen) atoms. The van der Waals surface area contributed by atoms with Crippen LogP contribution in [0.4, 0.5) is 0 Å². The minimum atomic E-state index is -2.31. The molecule has 1 aliphatic heterocycles. The van der Waals surface area contributed by atoms with E-state index in [4.69, 9.17) is 9.47 Å². The van der Waals surface area contributed by atoms with Crippen molar-refractivity contribution in [1.29, 1.82) is 0 Å². The maximum atomic E-state index is 12.9. The summed E-state index contributed by atoms with van der Waals surface area (Å²) in [6.07, 6.45) is 0. The lowest BCUT2D eigenvalue weighted by atomic mass is 9.61. The highest BCUT2D eigenvalue weighted by Gasteiger charge is 2.59. The van der Waals surface area contributed by atoms with Crippen LogP contribution in [0.1, 0.15) is 41.5 Å². The van der Waals surface area contributed by atoms with Gasteiger partial charge in [-0.15, -0.1) is 0 Å². The van der Waals surface area contributed by atoms with Crippen molar-refractivity contribution in [2.45, 2.75) is 58.2 Å². The first kappa shape index (κ1) is 20.1. The predicted molar refractivity (Wildman–Crippen MR) is 95.2 cm³/mol. The lowest BCUT2D eigenvalue weighted by Gasteiger charge is -2.31. The summed E-state index contributed by atoms with van der Waals surface area (Å²) < 4.78 is 10.7. The average molecular weight is 361 g/mol. The molecule has 1 aliphatic rings. The van der Waals surface area contributed by atoms with Crippen LogP contribution >= 0.6 is 0 Å². The number of hydrogen-bond donors (Lipinski definition) is 2. The van der Waals surface area contributed by atoms with Crippen molar-refractivity contribution in [1.82, 2.24) is 0 Å². The smallest absolute Gasteiger partial charge is 0.458 e. The lowest BCUT2D eigenvalue weighted by Crippen LogP contribution is -2.56. The van der Waals surface area contributed by atoms with Gasteiger partial charge in [-0.3, -0.25) is 4.99 Å². The zero-order valence-corrected chi connectivity index (χ0v) is 15.9. The first-order valence-corrected chi connectivity index (χ1v) is 8.30. The van der Waals surface area contributed by atoms with Gasteiger partial charge in [-0.1, -0.05) is 18.2 Å². The molecule has 0 saturated heterocycles. The fourth-order valence-electron chi connectivity index (χ4n) is 2.62. The van der Waals surface area contributed by atoms with Gasteiger partial charge in [0.25, 0.3) is 0 Å². The third-order valence-corrected chi connectivity index (χ3v) is 3.54. The number of hydrogen-bond acceptors (Lipinski definition) is 7. The Kier molecular flexibility index (Phi) is 5.05. The van der Waals surface area contributed by atoms with Crippen LogP contribution in [-0.2, 0) is 19.1 Å². The number of fused-ring (bicyclic) bond motifs is 1. The molecule has 0 bridgehead atoms. The van der Waals surface area contributed by atoms with E-state index in [-0.39, 0.29) is 10.9 Å². The first-order valence-electron chi connectivity index (χ1n) is 8.30. The summed E-state index contributed by atoms with van der Waals surface area (Å²) in [6, 6.07) is 6.48. The van der Waals surface area contributed by atoms with E-state index in [1.807, 2.05) is 0 Å². The highest BCUT2D eigenvalue weighted by atomic mass is 16.6. The quantitative estimate of drug-likeness (QED) is 0.576. The zero-order chi connectivity index (χ0) is 19.9. The zero-order valence-electron chi connectivity index (χ0n) is 15.9. The summed E-state index contributed by atoms with van der Waals surface area (Å²) in [7, 11) is -2.28. The molecular formula is C18H24BNO6. The molecule has 140 valence electrons. The van der Waals surface area contributed by atoms with Gasteiger partial charge >= 0.3 is 19.1 Å². The maximum Gasteiger partial charge on any atom is 0.498 e. The minimum absolute atomic E-state index is 0.243. The van der Waals surface area contributed by atoms with Gasteiger partial charge in [-0.25, -0.2) is 9.59 Å². The normalized spacial score (nSPS) is 19.5. The number of para-hydroxylation sites is 1. The van der Waals surface area contributed by atoms with Crippen molar-refractivity contribution in [3.63, 3.8) is 0 Å². The van der Waals surface area contributed by atoms with E-state index in [0.29, 0.717) is 5.22 Å². The lowest BCUT2D eigenvalue weighted by molar-refractivity contribution is -0.159. The van der Waals surface area contributed by atoms with Crippen molar-refractivity contribution < 1.29 is 29.1 Å². The van der Waals surface area contributed by atoms with Gasteiger partial charge in [0.1, 0.15) is 11.2 Å². The molecule has 2 N–H and O–H groups in total. The molecule has 0 saturated carbocycles. The van der Waals surface area contributed by atoms with Crippen LogP contribution in [0.15, 0.2) is 29.3 Å². The number of carbonyl (C=O) groups is 2. The average Bonchev–Trinajstić information content (AvgIpc) is 2.79. The Morgan fingerprint density at radius 2 is 1.54 bits per heavy atom. The molecule has 1 atom stereocenters. The van der Waals surface area contributed by atoms with E-state index in [1.165, 1.54) is 0 Å².